The molecule has 6 heteroatoms. The molecule has 0 spiro atoms. The Morgan fingerprint density at radius 1 is 1.23 bits per heavy atom. The van der Waals surface area contributed by atoms with Gasteiger partial charge < -0.3 is 19.9 Å². The second kappa shape index (κ2) is 7.68. The van der Waals surface area contributed by atoms with Crippen molar-refractivity contribution in [1.82, 2.24) is 5.32 Å². The highest BCUT2D eigenvalue weighted by atomic mass is 16.5. The first-order valence-corrected chi connectivity index (χ1v) is 7.05. The number of hydrogen-bond acceptors (Lipinski definition) is 4. The van der Waals surface area contributed by atoms with E-state index in [9.17, 15) is 9.59 Å². The standard InChI is InChI=1S/C16H23NO5/c1-16(2,15(19)20)17-14(18)7-5-6-11-8-9-12(21-3)10-13(11)22-4/h8-10H,5-7H2,1-4H3,(H,17,18)(H,19,20). The first-order valence-electron chi connectivity index (χ1n) is 7.05. The van der Waals surface area contributed by atoms with Gasteiger partial charge in [0.1, 0.15) is 17.0 Å². The van der Waals surface area contributed by atoms with Crippen LogP contribution in [0.5, 0.6) is 11.5 Å². The fourth-order valence-electron chi connectivity index (χ4n) is 1.96. The number of carboxylic acid groups (broad SMARTS) is 1. The molecule has 2 N–H and O–H groups in total. The molecule has 122 valence electrons. The van der Waals surface area contributed by atoms with Crippen LogP contribution in [-0.2, 0) is 16.0 Å². The quantitative estimate of drug-likeness (QED) is 0.767. The molecule has 0 bridgehead atoms. The summed E-state index contributed by atoms with van der Waals surface area (Å²) in [6, 6.07) is 5.53. The number of aliphatic carboxylic acids is 1. The second-order valence-electron chi connectivity index (χ2n) is 5.51. The van der Waals surface area contributed by atoms with Crippen molar-refractivity contribution in [2.75, 3.05) is 14.2 Å². The minimum Gasteiger partial charge on any atom is -0.497 e. The average molecular weight is 309 g/mol. The number of hydrogen-bond donors (Lipinski definition) is 2. The van der Waals surface area contributed by atoms with Gasteiger partial charge in [-0.05, 0) is 38.3 Å². The van der Waals surface area contributed by atoms with Gasteiger partial charge >= 0.3 is 5.97 Å². The molecule has 6 nitrogen and oxygen atoms in total. The molecule has 0 aliphatic carbocycles. The number of aryl methyl sites for hydroxylation is 1. The molecular formula is C16H23NO5. The number of benzene rings is 1. The lowest BCUT2D eigenvalue weighted by molar-refractivity contribution is -0.146. The Hall–Kier alpha value is -2.24. The SMILES string of the molecule is COc1ccc(CCCC(=O)NC(C)(C)C(=O)O)c(OC)c1. The average Bonchev–Trinajstić information content (AvgIpc) is 2.46. The first kappa shape index (κ1) is 17.8. The van der Waals surface area contributed by atoms with Crippen LogP contribution in [0.4, 0.5) is 0 Å². The number of nitrogens with one attached hydrogen (secondary N) is 1. The van der Waals surface area contributed by atoms with Gasteiger partial charge in [0.2, 0.25) is 5.91 Å². The van der Waals surface area contributed by atoms with Gasteiger partial charge in [-0.25, -0.2) is 4.79 Å². The van der Waals surface area contributed by atoms with Crippen molar-refractivity contribution in [3.63, 3.8) is 0 Å². The van der Waals surface area contributed by atoms with E-state index < -0.39 is 11.5 Å². The van der Waals surface area contributed by atoms with Crippen LogP contribution in [-0.4, -0.2) is 36.7 Å². The topological polar surface area (TPSA) is 84.9 Å². The highest BCUT2D eigenvalue weighted by Gasteiger charge is 2.28. The second-order valence-corrected chi connectivity index (χ2v) is 5.51. The third-order valence-electron chi connectivity index (χ3n) is 3.33. The molecule has 0 heterocycles. The van der Waals surface area contributed by atoms with Gasteiger partial charge in [-0.15, -0.1) is 0 Å². The van der Waals surface area contributed by atoms with Gasteiger partial charge in [0.05, 0.1) is 14.2 Å². The number of methoxy groups -OCH3 is 2. The van der Waals surface area contributed by atoms with Crippen LogP contribution in [0.2, 0.25) is 0 Å². The fourth-order valence-corrected chi connectivity index (χ4v) is 1.96. The maximum atomic E-state index is 11.8. The maximum absolute atomic E-state index is 11.8. The van der Waals surface area contributed by atoms with Crippen LogP contribution in [0.25, 0.3) is 0 Å². The molecule has 0 atom stereocenters. The van der Waals surface area contributed by atoms with E-state index in [1.807, 2.05) is 12.1 Å². The van der Waals surface area contributed by atoms with E-state index >= 15 is 0 Å². The number of ether oxygens (including phenoxy) is 2. The van der Waals surface area contributed by atoms with Crippen LogP contribution in [0.1, 0.15) is 32.3 Å². The van der Waals surface area contributed by atoms with Crippen molar-refractivity contribution in [3.8, 4) is 11.5 Å². The molecule has 0 saturated heterocycles. The van der Waals surface area contributed by atoms with Gasteiger partial charge in [-0.1, -0.05) is 6.07 Å². The summed E-state index contributed by atoms with van der Waals surface area (Å²) in [5.41, 5.74) is -0.275. The van der Waals surface area contributed by atoms with Gasteiger partial charge in [0.25, 0.3) is 0 Å². The van der Waals surface area contributed by atoms with Crippen molar-refractivity contribution >= 4 is 11.9 Å². The van der Waals surface area contributed by atoms with E-state index in [1.165, 1.54) is 13.8 Å². The highest BCUT2D eigenvalue weighted by molar-refractivity contribution is 5.86. The van der Waals surface area contributed by atoms with Crippen LogP contribution in [0, 0.1) is 0 Å². The van der Waals surface area contributed by atoms with Gasteiger partial charge in [-0.3, -0.25) is 4.79 Å². The van der Waals surface area contributed by atoms with Crippen LogP contribution < -0.4 is 14.8 Å². The minimum absolute atomic E-state index is 0.256. The zero-order valence-corrected chi connectivity index (χ0v) is 13.4. The molecule has 1 aromatic rings. The summed E-state index contributed by atoms with van der Waals surface area (Å²) in [5.74, 6) is 0.0877. The van der Waals surface area contributed by atoms with Crippen molar-refractivity contribution in [1.29, 1.82) is 0 Å². The Balaban J connectivity index is 2.54. The normalized spacial score (nSPS) is 10.9. The molecule has 0 unspecified atom stereocenters. The monoisotopic (exact) mass is 309 g/mol. The van der Waals surface area contributed by atoms with E-state index in [-0.39, 0.29) is 12.3 Å². The number of carboxylic acids is 1. The summed E-state index contributed by atoms with van der Waals surface area (Å²) < 4.78 is 10.4. The molecule has 0 radical (unpaired) electrons. The predicted molar refractivity (Wildman–Crippen MR) is 82.3 cm³/mol. The molecule has 0 aromatic heterocycles. The Morgan fingerprint density at radius 3 is 2.45 bits per heavy atom. The van der Waals surface area contributed by atoms with E-state index in [0.717, 1.165) is 5.56 Å². The summed E-state index contributed by atoms with van der Waals surface area (Å²) in [4.78, 5) is 22.7. The summed E-state index contributed by atoms with van der Waals surface area (Å²) >= 11 is 0. The summed E-state index contributed by atoms with van der Waals surface area (Å²) in [5, 5.41) is 11.5. The molecule has 22 heavy (non-hydrogen) atoms. The molecule has 1 aromatic carbocycles. The van der Waals surface area contributed by atoms with Gasteiger partial charge in [-0.2, -0.15) is 0 Å². The molecule has 0 aliphatic rings. The summed E-state index contributed by atoms with van der Waals surface area (Å²) in [7, 11) is 3.17. The Morgan fingerprint density at radius 2 is 1.91 bits per heavy atom. The number of carbonyl (C=O) groups is 2. The largest absolute Gasteiger partial charge is 0.497 e. The number of carbonyl (C=O) groups excluding carboxylic acids is 1. The molecular weight excluding hydrogens is 286 g/mol. The zero-order chi connectivity index (χ0) is 16.8. The van der Waals surface area contributed by atoms with Crippen LogP contribution in [0.3, 0.4) is 0 Å². The fraction of sp³-hybridized carbons (Fsp3) is 0.500. The van der Waals surface area contributed by atoms with E-state index in [0.29, 0.717) is 24.3 Å². The molecule has 0 aliphatic heterocycles. The van der Waals surface area contributed by atoms with Crippen molar-refractivity contribution in [2.24, 2.45) is 0 Å². The molecule has 1 rings (SSSR count). The van der Waals surface area contributed by atoms with Crippen molar-refractivity contribution in [2.45, 2.75) is 38.6 Å². The van der Waals surface area contributed by atoms with E-state index in [2.05, 4.69) is 5.32 Å². The van der Waals surface area contributed by atoms with Gasteiger partial charge in [0.15, 0.2) is 0 Å². The zero-order valence-electron chi connectivity index (χ0n) is 13.4. The number of amides is 1. The van der Waals surface area contributed by atoms with Crippen molar-refractivity contribution < 1.29 is 24.2 Å². The number of rotatable bonds is 8. The lowest BCUT2D eigenvalue weighted by Gasteiger charge is -2.20. The lowest BCUT2D eigenvalue weighted by atomic mass is 10.0. The molecule has 1 amide bonds. The smallest absolute Gasteiger partial charge is 0.328 e. The van der Waals surface area contributed by atoms with Crippen LogP contribution in [0.15, 0.2) is 18.2 Å². The third-order valence-corrected chi connectivity index (χ3v) is 3.33. The van der Waals surface area contributed by atoms with Crippen molar-refractivity contribution in [3.05, 3.63) is 23.8 Å². The summed E-state index contributed by atoms with van der Waals surface area (Å²) in [6.45, 7) is 2.92. The van der Waals surface area contributed by atoms with Crippen LogP contribution >= 0.6 is 0 Å². The highest BCUT2D eigenvalue weighted by Crippen LogP contribution is 2.25. The maximum Gasteiger partial charge on any atom is 0.328 e. The molecule has 0 fully saturated rings. The predicted octanol–water partition coefficient (Wildman–Crippen LogP) is 2.01. The Bertz CT molecular complexity index is 539. The minimum atomic E-state index is -1.26. The van der Waals surface area contributed by atoms with Gasteiger partial charge in [0, 0.05) is 12.5 Å². The Labute approximate surface area is 130 Å². The molecule has 0 saturated carbocycles. The first-order chi connectivity index (χ1) is 10.3. The summed E-state index contributed by atoms with van der Waals surface area (Å²) in [6.07, 6.45) is 1.52. The lowest BCUT2D eigenvalue weighted by Crippen LogP contribution is -2.49. The van der Waals surface area contributed by atoms with E-state index in [4.69, 9.17) is 14.6 Å². The Kier molecular flexibility index (Phi) is 6.22. The van der Waals surface area contributed by atoms with E-state index in [1.54, 1.807) is 20.3 Å². The third kappa shape index (κ3) is 4.95.